The summed E-state index contributed by atoms with van der Waals surface area (Å²) in [6, 6.07) is 14.2. The summed E-state index contributed by atoms with van der Waals surface area (Å²) in [5.74, 6) is -0.0928. The van der Waals surface area contributed by atoms with Crippen LogP contribution in [0, 0.1) is 6.92 Å². The maximum Gasteiger partial charge on any atom is 0.221 e. The Kier molecular flexibility index (Phi) is 5.69. The van der Waals surface area contributed by atoms with Gasteiger partial charge in [-0.25, -0.2) is 0 Å². The fourth-order valence-corrected chi connectivity index (χ4v) is 2.21. The Morgan fingerprint density at radius 2 is 1.82 bits per heavy atom. The van der Waals surface area contributed by atoms with Gasteiger partial charge in [0, 0.05) is 19.7 Å². The van der Waals surface area contributed by atoms with Crippen LogP contribution in [0.4, 0.5) is 5.69 Å². The van der Waals surface area contributed by atoms with Gasteiger partial charge in [0.25, 0.3) is 0 Å². The molecule has 0 saturated heterocycles. The number of aryl methyl sites for hydroxylation is 1. The minimum Gasteiger partial charge on any atom is -0.359 e. The molecule has 4 nitrogen and oxygen atoms in total. The van der Waals surface area contributed by atoms with Crippen molar-refractivity contribution < 1.29 is 14.3 Å². The normalized spacial score (nSPS) is 10.5. The van der Waals surface area contributed by atoms with Crippen LogP contribution >= 0.6 is 0 Å². The van der Waals surface area contributed by atoms with Gasteiger partial charge in [0.05, 0.1) is 6.61 Å². The van der Waals surface area contributed by atoms with Gasteiger partial charge in [-0.1, -0.05) is 29.8 Å². The molecule has 0 aliphatic carbocycles. The van der Waals surface area contributed by atoms with Gasteiger partial charge >= 0.3 is 0 Å². The van der Waals surface area contributed by atoms with E-state index < -0.39 is 0 Å². The second-order valence-corrected chi connectivity index (χ2v) is 5.22. The van der Waals surface area contributed by atoms with E-state index in [1.165, 1.54) is 12.5 Å². The summed E-state index contributed by atoms with van der Waals surface area (Å²) in [5, 5.41) is 2.83. The van der Waals surface area contributed by atoms with Gasteiger partial charge < -0.3 is 14.8 Å². The van der Waals surface area contributed by atoms with Crippen molar-refractivity contribution in [1.82, 2.24) is 0 Å². The molecule has 0 unspecified atom stereocenters. The van der Waals surface area contributed by atoms with Crippen molar-refractivity contribution in [2.75, 3.05) is 19.2 Å². The highest BCUT2D eigenvalue weighted by Gasteiger charge is 2.05. The van der Waals surface area contributed by atoms with Gasteiger partial charge in [-0.05, 0) is 41.8 Å². The van der Waals surface area contributed by atoms with Gasteiger partial charge in [-0.3, -0.25) is 4.79 Å². The summed E-state index contributed by atoms with van der Waals surface area (Å²) >= 11 is 0. The summed E-state index contributed by atoms with van der Waals surface area (Å²) < 4.78 is 10.3. The Bertz CT molecular complexity index is 635. The van der Waals surface area contributed by atoms with Crippen LogP contribution < -0.4 is 5.32 Å². The van der Waals surface area contributed by atoms with Crippen molar-refractivity contribution >= 4 is 11.6 Å². The number of rotatable bonds is 6. The van der Waals surface area contributed by atoms with Gasteiger partial charge in [0.15, 0.2) is 0 Å². The third-order valence-corrected chi connectivity index (χ3v) is 3.17. The van der Waals surface area contributed by atoms with Gasteiger partial charge in [-0.2, -0.15) is 0 Å². The third kappa shape index (κ3) is 4.69. The topological polar surface area (TPSA) is 47.6 Å². The Hall–Kier alpha value is -2.17. The molecular weight excluding hydrogens is 278 g/mol. The molecule has 1 amide bonds. The number of amides is 1. The Balaban J connectivity index is 2.32. The number of methoxy groups -OCH3 is 1. The molecule has 2 aromatic rings. The smallest absolute Gasteiger partial charge is 0.221 e. The van der Waals surface area contributed by atoms with Crippen molar-refractivity contribution in [3.8, 4) is 11.1 Å². The number of carbonyl (C=O) groups excluding carboxylic acids is 1. The number of nitrogens with one attached hydrogen (secondary N) is 1. The second-order valence-electron chi connectivity index (χ2n) is 5.22. The summed E-state index contributed by atoms with van der Waals surface area (Å²) in [6.07, 6.45) is 0. The molecule has 0 aliphatic heterocycles. The first-order valence-corrected chi connectivity index (χ1v) is 7.14. The highest BCUT2D eigenvalue weighted by molar-refractivity contribution is 5.89. The molecule has 0 heterocycles. The van der Waals surface area contributed by atoms with Crippen molar-refractivity contribution in [3.63, 3.8) is 0 Å². The van der Waals surface area contributed by atoms with E-state index in [2.05, 4.69) is 42.6 Å². The lowest BCUT2D eigenvalue weighted by atomic mass is 10.0. The Morgan fingerprint density at radius 1 is 1.09 bits per heavy atom. The first-order valence-electron chi connectivity index (χ1n) is 7.14. The standard InChI is InChI=1S/C18H21NO3/c1-13-4-6-16(7-5-13)17-8-15(11-22-12-21-3)9-18(10-17)19-14(2)20/h4-10H,11-12H2,1-3H3,(H,19,20). The molecule has 0 aromatic heterocycles. The van der Waals surface area contributed by atoms with Gasteiger partial charge in [-0.15, -0.1) is 0 Å². The van der Waals surface area contributed by atoms with Crippen LogP contribution in [0.1, 0.15) is 18.1 Å². The molecule has 2 rings (SSSR count). The van der Waals surface area contributed by atoms with Crippen molar-refractivity contribution in [2.24, 2.45) is 0 Å². The third-order valence-electron chi connectivity index (χ3n) is 3.17. The summed E-state index contributed by atoms with van der Waals surface area (Å²) in [7, 11) is 1.59. The van der Waals surface area contributed by atoms with Crippen LogP contribution in [-0.4, -0.2) is 19.8 Å². The van der Waals surface area contributed by atoms with Crippen LogP contribution in [0.15, 0.2) is 42.5 Å². The number of anilines is 1. The average Bonchev–Trinajstić information content (AvgIpc) is 2.47. The van der Waals surface area contributed by atoms with Crippen LogP contribution in [0.3, 0.4) is 0 Å². The Morgan fingerprint density at radius 3 is 2.45 bits per heavy atom. The fraction of sp³-hybridized carbons (Fsp3) is 0.278. The summed E-state index contributed by atoms with van der Waals surface area (Å²) in [5.41, 5.74) is 5.11. The summed E-state index contributed by atoms with van der Waals surface area (Å²) in [6.45, 7) is 4.23. The Labute approximate surface area is 131 Å². The largest absolute Gasteiger partial charge is 0.359 e. The molecule has 0 bridgehead atoms. The minimum absolute atomic E-state index is 0.0928. The lowest BCUT2D eigenvalue weighted by Gasteiger charge is -2.11. The number of hydrogen-bond acceptors (Lipinski definition) is 3. The molecule has 0 saturated carbocycles. The fourth-order valence-electron chi connectivity index (χ4n) is 2.21. The molecule has 0 atom stereocenters. The van der Waals surface area contributed by atoms with Crippen molar-refractivity contribution in [2.45, 2.75) is 20.5 Å². The van der Waals surface area contributed by atoms with Crippen LogP contribution in [0.5, 0.6) is 0 Å². The SMILES string of the molecule is COCOCc1cc(NC(C)=O)cc(-c2ccc(C)cc2)c1. The monoisotopic (exact) mass is 299 g/mol. The van der Waals surface area contributed by atoms with E-state index in [4.69, 9.17) is 9.47 Å². The molecule has 0 aliphatic rings. The van der Waals surface area contributed by atoms with Crippen LogP contribution in [-0.2, 0) is 20.9 Å². The lowest BCUT2D eigenvalue weighted by molar-refractivity contribution is -0.114. The van der Waals surface area contributed by atoms with E-state index in [1.807, 2.05) is 12.1 Å². The highest BCUT2D eigenvalue weighted by atomic mass is 16.7. The molecule has 0 spiro atoms. The van der Waals surface area contributed by atoms with E-state index in [1.54, 1.807) is 7.11 Å². The van der Waals surface area contributed by atoms with Crippen molar-refractivity contribution in [1.29, 1.82) is 0 Å². The van der Waals surface area contributed by atoms with E-state index >= 15 is 0 Å². The molecule has 4 heteroatoms. The molecule has 2 aromatic carbocycles. The maximum absolute atomic E-state index is 11.3. The van der Waals surface area contributed by atoms with Gasteiger partial charge in [0.1, 0.15) is 6.79 Å². The van der Waals surface area contributed by atoms with Gasteiger partial charge in [0.2, 0.25) is 5.91 Å². The van der Waals surface area contributed by atoms with Crippen LogP contribution in [0.25, 0.3) is 11.1 Å². The summed E-state index contributed by atoms with van der Waals surface area (Å²) in [4.78, 5) is 11.3. The maximum atomic E-state index is 11.3. The number of hydrogen-bond donors (Lipinski definition) is 1. The van der Waals surface area contributed by atoms with E-state index in [-0.39, 0.29) is 12.7 Å². The predicted molar refractivity (Wildman–Crippen MR) is 87.6 cm³/mol. The van der Waals surface area contributed by atoms with Crippen molar-refractivity contribution in [3.05, 3.63) is 53.6 Å². The number of ether oxygens (including phenoxy) is 2. The highest BCUT2D eigenvalue weighted by Crippen LogP contribution is 2.26. The zero-order valence-electron chi connectivity index (χ0n) is 13.2. The lowest BCUT2D eigenvalue weighted by Crippen LogP contribution is -2.06. The molecule has 1 N–H and O–H groups in total. The molecule has 0 fully saturated rings. The van der Waals surface area contributed by atoms with E-state index in [0.29, 0.717) is 6.61 Å². The number of benzene rings is 2. The zero-order valence-corrected chi connectivity index (χ0v) is 13.2. The number of carbonyl (C=O) groups is 1. The first kappa shape index (κ1) is 16.2. The first-order chi connectivity index (χ1) is 10.6. The zero-order chi connectivity index (χ0) is 15.9. The molecular formula is C18H21NO3. The average molecular weight is 299 g/mol. The molecule has 0 radical (unpaired) electrons. The molecule has 22 heavy (non-hydrogen) atoms. The predicted octanol–water partition coefficient (Wildman–Crippen LogP) is 3.74. The molecule has 116 valence electrons. The van der Waals surface area contributed by atoms with E-state index in [0.717, 1.165) is 22.4 Å². The van der Waals surface area contributed by atoms with Crippen LogP contribution in [0.2, 0.25) is 0 Å². The quantitative estimate of drug-likeness (QED) is 0.653. The minimum atomic E-state index is -0.0928. The van der Waals surface area contributed by atoms with E-state index in [9.17, 15) is 4.79 Å². The second kappa shape index (κ2) is 7.73.